The van der Waals surface area contributed by atoms with Crippen molar-refractivity contribution < 1.29 is 17.9 Å². The van der Waals surface area contributed by atoms with Gasteiger partial charge in [-0.05, 0) is 0 Å². The highest BCUT2D eigenvalue weighted by molar-refractivity contribution is 7.90. The molecule has 0 radical (unpaired) electrons. The largest absolute Gasteiger partial charge is 0.495 e. The van der Waals surface area contributed by atoms with Crippen LogP contribution in [0.25, 0.3) is 0 Å². The minimum atomic E-state index is -3.37. The van der Waals surface area contributed by atoms with Gasteiger partial charge in [-0.2, -0.15) is 0 Å². The standard InChI is InChI=1S/C10H16N2O4S/c1-15-8-5-10(17(3,13)14)9(16-2)4-7(8)12-6-11/h4-5,12H,6,11H2,1-3H3. The number of benzene rings is 1. The molecule has 1 rings (SSSR count). The molecule has 6 nitrogen and oxygen atoms in total. The smallest absolute Gasteiger partial charge is 0.179 e. The van der Waals surface area contributed by atoms with Crippen LogP contribution < -0.4 is 20.5 Å². The fourth-order valence-corrected chi connectivity index (χ4v) is 2.24. The molecule has 0 atom stereocenters. The van der Waals surface area contributed by atoms with Gasteiger partial charge in [-0.15, -0.1) is 0 Å². The van der Waals surface area contributed by atoms with E-state index in [9.17, 15) is 8.42 Å². The number of rotatable bonds is 5. The van der Waals surface area contributed by atoms with Crippen molar-refractivity contribution in [1.29, 1.82) is 0 Å². The van der Waals surface area contributed by atoms with Gasteiger partial charge in [0.1, 0.15) is 16.4 Å². The summed E-state index contributed by atoms with van der Waals surface area (Å²) >= 11 is 0. The fraction of sp³-hybridized carbons (Fsp3) is 0.400. The van der Waals surface area contributed by atoms with Crippen LogP contribution in [0.3, 0.4) is 0 Å². The van der Waals surface area contributed by atoms with Crippen molar-refractivity contribution in [3.8, 4) is 11.5 Å². The van der Waals surface area contributed by atoms with E-state index in [4.69, 9.17) is 15.2 Å². The average molecular weight is 260 g/mol. The molecule has 0 saturated heterocycles. The molecule has 0 fully saturated rings. The Hall–Kier alpha value is -1.47. The molecule has 0 unspecified atom stereocenters. The molecule has 7 heteroatoms. The Balaban J connectivity index is 3.43. The second kappa shape index (κ2) is 5.24. The van der Waals surface area contributed by atoms with Gasteiger partial charge in [-0.3, -0.25) is 0 Å². The predicted molar refractivity (Wildman–Crippen MR) is 65.3 cm³/mol. The molecule has 0 aliphatic rings. The molecule has 3 N–H and O–H groups in total. The van der Waals surface area contributed by atoms with E-state index in [2.05, 4.69) is 5.32 Å². The number of methoxy groups -OCH3 is 2. The van der Waals surface area contributed by atoms with Crippen LogP contribution in [0.4, 0.5) is 5.69 Å². The fourth-order valence-electron chi connectivity index (χ4n) is 1.41. The Morgan fingerprint density at radius 3 is 2.24 bits per heavy atom. The Bertz CT molecular complexity index is 499. The Labute approximate surface area is 101 Å². The molecule has 0 aliphatic heterocycles. The number of sulfone groups is 1. The number of ether oxygens (including phenoxy) is 2. The summed E-state index contributed by atoms with van der Waals surface area (Å²) in [7, 11) is -0.514. The first kappa shape index (κ1) is 13.6. The summed E-state index contributed by atoms with van der Waals surface area (Å²) in [5, 5.41) is 2.86. The van der Waals surface area contributed by atoms with Crippen molar-refractivity contribution in [3.63, 3.8) is 0 Å². The lowest BCUT2D eigenvalue weighted by atomic mass is 10.2. The molecule has 0 bridgehead atoms. The maximum Gasteiger partial charge on any atom is 0.179 e. The van der Waals surface area contributed by atoms with E-state index in [0.29, 0.717) is 11.4 Å². The van der Waals surface area contributed by atoms with E-state index < -0.39 is 9.84 Å². The van der Waals surface area contributed by atoms with Gasteiger partial charge in [0.15, 0.2) is 9.84 Å². The third-order valence-electron chi connectivity index (χ3n) is 2.18. The molecule has 0 heterocycles. The number of nitrogens with two attached hydrogens (primary N) is 1. The van der Waals surface area contributed by atoms with Crippen molar-refractivity contribution in [2.24, 2.45) is 5.73 Å². The number of hydrogen-bond acceptors (Lipinski definition) is 6. The molecule has 1 aromatic carbocycles. The average Bonchev–Trinajstić information content (AvgIpc) is 2.27. The lowest BCUT2D eigenvalue weighted by Crippen LogP contribution is -2.12. The van der Waals surface area contributed by atoms with Crippen LogP contribution in [0.1, 0.15) is 0 Å². The maximum absolute atomic E-state index is 11.6. The third-order valence-corrected chi connectivity index (χ3v) is 3.30. The molecule has 0 saturated carbocycles. The first-order valence-corrected chi connectivity index (χ1v) is 6.73. The first-order chi connectivity index (χ1) is 7.93. The van der Waals surface area contributed by atoms with Gasteiger partial charge in [-0.25, -0.2) is 8.42 Å². The molecule has 0 aliphatic carbocycles. The topological polar surface area (TPSA) is 90.7 Å². The van der Waals surface area contributed by atoms with Crippen LogP contribution in [0.2, 0.25) is 0 Å². The summed E-state index contributed by atoms with van der Waals surface area (Å²) in [6, 6.07) is 2.95. The van der Waals surface area contributed by atoms with Gasteiger partial charge >= 0.3 is 0 Å². The first-order valence-electron chi connectivity index (χ1n) is 4.84. The summed E-state index contributed by atoms with van der Waals surface area (Å²) in [5.74, 6) is 0.654. The summed E-state index contributed by atoms with van der Waals surface area (Å²) in [4.78, 5) is 0.0828. The van der Waals surface area contributed by atoms with E-state index >= 15 is 0 Å². The molecular formula is C10H16N2O4S. The zero-order valence-corrected chi connectivity index (χ0v) is 10.8. The van der Waals surface area contributed by atoms with Gasteiger partial charge in [0.25, 0.3) is 0 Å². The van der Waals surface area contributed by atoms with Crippen molar-refractivity contribution in [2.75, 3.05) is 32.5 Å². The lowest BCUT2D eigenvalue weighted by Gasteiger charge is -2.14. The summed E-state index contributed by atoms with van der Waals surface area (Å²) < 4.78 is 33.3. The molecule has 1 aromatic rings. The van der Waals surface area contributed by atoms with Crippen LogP contribution in [-0.2, 0) is 9.84 Å². The number of nitrogens with one attached hydrogen (secondary N) is 1. The van der Waals surface area contributed by atoms with Crippen molar-refractivity contribution in [2.45, 2.75) is 4.90 Å². The van der Waals surface area contributed by atoms with Gasteiger partial charge in [0.2, 0.25) is 0 Å². The van der Waals surface area contributed by atoms with Gasteiger partial charge in [-0.1, -0.05) is 0 Å². The van der Waals surface area contributed by atoms with Gasteiger partial charge in [0.05, 0.1) is 26.6 Å². The summed E-state index contributed by atoms with van der Waals surface area (Å²) in [6.07, 6.45) is 1.11. The second-order valence-corrected chi connectivity index (χ2v) is 5.34. The zero-order chi connectivity index (χ0) is 13.1. The molecule has 0 aromatic heterocycles. The van der Waals surface area contributed by atoms with E-state index in [0.717, 1.165) is 6.26 Å². The minimum absolute atomic E-state index is 0.0828. The van der Waals surface area contributed by atoms with Crippen molar-refractivity contribution >= 4 is 15.5 Å². The normalized spacial score (nSPS) is 11.1. The van der Waals surface area contributed by atoms with Crippen molar-refractivity contribution in [3.05, 3.63) is 12.1 Å². The Kier molecular flexibility index (Phi) is 4.19. The third kappa shape index (κ3) is 3.01. The van der Waals surface area contributed by atoms with Crippen LogP contribution in [-0.4, -0.2) is 35.6 Å². The Morgan fingerprint density at radius 2 is 1.82 bits per heavy atom. The molecule has 0 spiro atoms. The molecular weight excluding hydrogens is 244 g/mol. The van der Waals surface area contributed by atoms with Gasteiger partial charge in [0, 0.05) is 18.4 Å². The second-order valence-electron chi connectivity index (χ2n) is 3.36. The van der Waals surface area contributed by atoms with E-state index in [1.807, 2.05) is 0 Å². The lowest BCUT2D eigenvalue weighted by molar-refractivity contribution is 0.393. The SMILES string of the molecule is COc1cc(S(C)(=O)=O)c(OC)cc1NCN. The highest BCUT2D eigenvalue weighted by atomic mass is 32.2. The predicted octanol–water partition coefficient (Wildman–Crippen LogP) is 0.435. The highest BCUT2D eigenvalue weighted by Gasteiger charge is 2.18. The molecule has 17 heavy (non-hydrogen) atoms. The van der Waals surface area contributed by atoms with E-state index in [1.165, 1.54) is 20.3 Å². The number of hydrogen-bond donors (Lipinski definition) is 2. The zero-order valence-electron chi connectivity index (χ0n) is 9.98. The van der Waals surface area contributed by atoms with Crippen LogP contribution >= 0.6 is 0 Å². The van der Waals surface area contributed by atoms with Crippen LogP contribution in [0, 0.1) is 0 Å². The Morgan fingerprint density at radius 1 is 1.24 bits per heavy atom. The number of anilines is 1. The monoisotopic (exact) mass is 260 g/mol. The highest BCUT2D eigenvalue weighted by Crippen LogP contribution is 2.35. The molecule has 0 amide bonds. The van der Waals surface area contributed by atoms with Crippen LogP contribution in [0.5, 0.6) is 11.5 Å². The van der Waals surface area contributed by atoms with Crippen LogP contribution in [0.15, 0.2) is 17.0 Å². The maximum atomic E-state index is 11.6. The van der Waals surface area contributed by atoms with E-state index in [1.54, 1.807) is 6.07 Å². The summed E-state index contributed by atoms with van der Waals surface area (Å²) in [6.45, 7) is 0.206. The summed E-state index contributed by atoms with van der Waals surface area (Å²) in [5.41, 5.74) is 5.96. The minimum Gasteiger partial charge on any atom is -0.495 e. The van der Waals surface area contributed by atoms with Gasteiger partial charge < -0.3 is 20.5 Å². The van der Waals surface area contributed by atoms with E-state index in [-0.39, 0.29) is 17.3 Å². The van der Waals surface area contributed by atoms with Crippen molar-refractivity contribution in [1.82, 2.24) is 0 Å². The molecule has 96 valence electrons. The quantitative estimate of drug-likeness (QED) is 0.746.